The van der Waals surface area contributed by atoms with Crippen LogP contribution in [0.2, 0.25) is 5.02 Å². The molecular weight excluding hydrogens is 254 g/mol. The number of carbonyl (C=O) groups is 1. The van der Waals surface area contributed by atoms with Crippen molar-refractivity contribution < 1.29 is 9.90 Å². The number of halogens is 1. The molecule has 2 aromatic rings. The Kier molecular flexibility index (Phi) is 3.43. The summed E-state index contributed by atoms with van der Waals surface area (Å²) in [6, 6.07) is 4.40. The normalized spacial score (nSPS) is 10.1. The summed E-state index contributed by atoms with van der Waals surface area (Å²) in [4.78, 5) is 19.7. The third-order valence-corrected chi connectivity index (χ3v) is 2.52. The van der Waals surface area contributed by atoms with Crippen LogP contribution in [0.15, 0.2) is 30.6 Å². The zero-order valence-corrected chi connectivity index (χ0v) is 10.3. The molecule has 0 aliphatic carbocycles. The van der Waals surface area contributed by atoms with Gasteiger partial charge in [-0.3, -0.25) is 9.78 Å². The van der Waals surface area contributed by atoms with Gasteiger partial charge < -0.3 is 10.4 Å². The number of benzene rings is 1. The number of aryl methyl sites for hydroxylation is 1. The third kappa shape index (κ3) is 2.75. The van der Waals surface area contributed by atoms with Crippen molar-refractivity contribution in [1.82, 2.24) is 9.97 Å². The van der Waals surface area contributed by atoms with E-state index < -0.39 is 0 Å². The minimum atomic E-state index is -0.385. The second-order valence-corrected chi connectivity index (χ2v) is 4.07. The molecule has 0 atom stereocenters. The van der Waals surface area contributed by atoms with Crippen molar-refractivity contribution >= 4 is 23.2 Å². The van der Waals surface area contributed by atoms with Gasteiger partial charge >= 0.3 is 0 Å². The first-order chi connectivity index (χ1) is 8.56. The summed E-state index contributed by atoms with van der Waals surface area (Å²) in [5.74, 6) is -0.422. The fraction of sp³-hybridized carbons (Fsp3) is 0.0833. The van der Waals surface area contributed by atoms with Gasteiger partial charge in [-0.15, -0.1) is 0 Å². The molecule has 1 aromatic heterocycles. The minimum Gasteiger partial charge on any atom is -0.506 e. The Hall–Kier alpha value is -2.14. The van der Waals surface area contributed by atoms with E-state index in [9.17, 15) is 9.90 Å². The molecule has 18 heavy (non-hydrogen) atoms. The smallest absolute Gasteiger partial charge is 0.275 e. The standard InChI is InChI=1S/C12H10ClN3O2/c1-7-5-15-10(6-14-7)12(18)16-8-2-3-11(17)9(13)4-8/h2-6,17H,1H3,(H,16,18). The molecule has 0 spiro atoms. The molecule has 6 heteroatoms. The summed E-state index contributed by atoms with van der Waals surface area (Å²) in [7, 11) is 0. The molecule has 1 aromatic carbocycles. The number of hydrogen-bond donors (Lipinski definition) is 2. The average Bonchev–Trinajstić information content (AvgIpc) is 2.34. The Bertz CT molecular complexity index is 584. The monoisotopic (exact) mass is 263 g/mol. The molecule has 0 saturated heterocycles. The van der Waals surface area contributed by atoms with Crippen LogP contribution in [0.1, 0.15) is 16.2 Å². The van der Waals surface area contributed by atoms with E-state index in [1.807, 2.05) is 0 Å². The van der Waals surface area contributed by atoms with E-state index in [0.29, 0.717) is 5.69 Å². The molecule has 2 N–H and O–H groups in total. The highest BCUT2D eigenvalue weighted by Gasteiger charge is 2.09. The van der Waals surface area contributed by atoms with Crippen LogP contribution in [0, 0.1) is 6.92 Å². The Morgan fingerprint density at radius 1 is 1.33 bits per heavy atom. The summed E-state index contributed by atoms with van der Waals surface area (Å²) < 4.78 is 0. The van der Waals surface area contributed by atoms with E-state index in [-0.39, 0.29) is 22.4 Å². The topological polar surface area (TPSA) is 75.1 Å². The van der Waals surface area contributed by atoms with Crippen molar-refractivity contribution in [1.29, 1.82) is 0 Å². The zero-order valence-electron chi connectivity index (χ0n) is 9.51. The number of nitrogens with one attached hydrogen (secondary N) is 1. The van der Waals surface area contributed by atoms with Crippen LogP contribution in [0.5, 0.6) is 5.75 Å². The van der Waals surface area contributed by atoms with Crippen molar-refractivity contribution in [2.24, 2.45) is 0 Å². The van der Waals surface area contributed by atoms with Gasteiger partial charge in [-0.2, -0.15) is 0 Å². The fourth-order valence-corrected chi connectivity index (χ4v) is 1.47. The molecule has 0 aliphatic heterocycles. The van der Waals surface area contributed by atoms with Crippen LogP contribution >= 0.6 is 11.6 Å². The summed E-state index contributed by atoms with van der Waals surface area (Å²) in [5.41, 5.74) is 1.43. The molecule has 0 radical (unpaired) electrons. The van der Waals surface area contributed by atoms with Crippen molar-refractivity contribution in [2.75, 3.05) is 5.32 Å². The number of hydrogen-bond acceptors (Lipinski definition) is 4. The number of anilines is 1. The summed E-state index contributed by atoms with van der Waals surface area (Å²) in [6.45, 7) is 1.79. The van der Waals surface area contributed by atoms with Gasteiger partial charge in [0.1, 0.15) is 11.4 Å². The second kappa shape index (κ2) is 5.01. The highest BCUT2D eigenvalue weighted by molar-refractivity contribution is 6.32. The summed E-state index contributed by atoms with van der Waals surface area (Å²) >= 11 is 5.73. The highest BCUT2D eigenvalue weighted by atomic mass is 35.5. The molecule has 0 bridgehead atoms. The maximum absolute atomic E-state index is 11.8. The maximum Gasteiger partial charge on any atom is 0.275 e. The van der Waals surface area contributed by atoms with E-state index in [1.54, 1.807) is 13.0 Å². The van der Waals surface area contributed by atoms with Gasteiger partial charge in [-0.25, -0.2) is 4.98 Å². The van der Waals surface area contributed by atoms with Crippen LogP contribution in [0.25, 0.3) is 0 Å². The first-order valence-corrected chi connectivity index (χ1v) is 5.52. The van der Waals surface area contributed by atoms with E-state index in [2.05, 4.69) is 15.3 Å². The van der Waals surface area contributed by atoms with E-state index in [4.69, 9.17) is 11.6 Å². The Morgan fingerprint density at radius 3 is 2.72 bits per heavy atom. The van der Waals surface area contributed by atoms with Crippen LogP contribution in [0.4, 0.5) is 5.69 Å². The lowest BCUT2D eigenvalue weighted by Gasteiger charge is -2.05. The van der Waals surface area contributed by atoms with Crippen molar-refractivity contribution in [3.63, 3.8) is 0 Å². The van der Waals surface area contributed by atoms with Crippen LogP contribution in [0.3, 0.4) is 0 Å². The molecule has 0 aliphatic rings. The molecule has 1 amide bonds. The maximum atomic E-state index is 11.8. The van der Waals surface area contributed by atoms with Crippen molar-refractivity contribution in [2.45, 2.75) is 6.92 Å². The number of carbonyl (C=O) groups excluding carboxylic acids is 1. The largest absolute Gasteiger partial charge is 0.506 e. The fourth-order valence-electron chi connectivity index (χ4n) is 1.29. The number of nitrogens with zero attached hydrogens (tertiary/aromatic N) is 2. The molecule has 0 unspecified atom stereocenters. The summed E-state index contributed by atoms with van der Waals surface area (Å²) in [5, 5.41) is 12.0. The quantitative estimate of drug-likeness (QED) is 0.816. The predicted molar refractivity (Wildman–Crippen MR) is 67.8 cm³/mol. The average molecular weight is 264 g/mol. The number of rotatable bonds is 2. The lowest BCUT2D eigenvalue weighted by Crippen LogP contribution is -2.14. The van der Waals surface area contributed by atoms with Crippen molar-refractivity contribution in [3.05, 3.63) is 47.0 Å². The number of aromatic hydroxyl groups is 1. The van der Waals surface area contributed by atoms with Gasteiger partial charge in [0.25, 0.3) is 5.91 Å². The van der Waals surface area contributed by atoms with Gasteiger partial charge in [-0.05, 0) is 25.1 Å². The van der Waals surface area contributed by atoms with Gasteiger partial charge in [0.05, 0.1) is 16.9 Å². The molecule has 2 rings (SSSR count). The van der Waals surface area contributed by atoms with Gasteiger partial charge in [0.2, 0.25) is 0 Å². The van der Waals surface area contributed by atoms with Crippen LogP contribution in [-0.2, 0) is 0 Å². The lowest BCUT2D eigenvalue weighted by molar-refractivity contribution is 0.102. The number of amides is 1. The van der Waals surface area contributed by atoms with Gasteiger partial charge in [-0.1, -0.05) is 11.6 Å². The molecule has 5 nitrogen and oxygen atoms in total. The van der Waals surface area contributed by atoms with Crippen molar-refractivity contribution in [3.8, 4) is 5.75 Å². The predicted octanol–water partition coefficient (Wildman–Crippen LogP) is 2.40. The molecule has 0 fully saturated rings. The lowest BCUT2D eigenvalue weighted by atomic mass is 10.3. The van der Waals surface area contributed by atoms with Crippen LogP contribution in [-0.4, -0.2) is 21.0 Å². The minimum absolute atomic E-state index is 0.0372. The molecule has 0 saturated carbocycles. The third-order valence-electron chi connectivity index (χ3n) is 2.22. The number of phenolic OH excluding ortho intramolecular Hbond substituents is 1. The van der Waals surface area contributed by atoms with E-state index >= 15 is 0 Å². The number of phenols is 1. The Labute approximate surface area is 108 Å². The zero-order chi connectivity index (χ0) is 13.1. The Morgan fingerprint density at radius 2 is 2.11 bits per heavy atom. The Balaban J connectivity index is 2.16. The van der Waals surface area contributed by atoms with E-state index in [1.165, 1.54) is 24.5 Å². The SMILES string of the molecule is Cc1cnc(C(=O)Nc2ccc(O)c(Cl)c2)cn1. The second-order valence-electron chi connectivity index (χ2n) is 3.66. The first-order valence-electron chi connectivity index (χ1n) is 5.15. The van der Waals surface area contributed by atoms with Gasteiger partial charge in [0.15, 0.2) is 0 Å². The molecule has 1 heterocycles. The highest BCUT2D eigenvalue weighted by Crippen LogP contribution is 2.26. The first kappa shape index (κ1) is 12.3. The molecular formula is C12H10ClN3O2. The molecule has 92 valence electrons. The van der Waals surface area contributed by atoms with Gasteiger partial charge in [0, 0.05) is 11.9 Å². The summed E-state index contributed by atoms with van der Waals surface area (Å²) in [6.07, 6.45) is 2.91. The van der Waals surface area contributed by atoms with E-state index in [0.717, 1.165) is 5.69 Å². The number of aromatic nitrogens is 2. The van der Waals surface area contributed by atoms with Crippen LogP contribution < -0.4 is 5.32 Å².